The van der Waals surface area contributed by atoms with E-state index >= 15 is 0 Å². The minimum absolute atomic E-state index is 0.563. The Bertz CT molecular complexity index is 554. The average Bonchev–Trinajstić information content (AvgIpc) is 2.81. The molecule has 0 amide bonds. The number of halogens is 1. The number of methoxy groups -OCH3 is 1. The topological polar surface area (TPSA) is 34.2 Å². The monoisotopic (exact) mass is 280 g/mol. The summed E-state index contributed by atoms with van der Waals surface area (Å²) in [6.45, 7) is 4.47. The number of thiazole rings is 1. The van der Waals surface area contributed by atoms with Crippen LogP contribution < -0.4 is 10.1 Å². The van der Waals surface area contributed by atoms with Crippen LogP contribution in [0.15, 0.2) is 31.0 Å². The van der Waals surface area contributed by atoms with Crippen LogP contribution >= 0.6 is 22.9 Å². The van der Waals surface area contributed by atoms with Gasteiger partial charge in [0.2, 0.25) is 0 Å². The molecule has 1 aromatic heterocycles. The molecule has 0 saturated heterocycles. The number of anilines is 1. The molecule has 0 aliphatic heterocycles. The van der Waals surface area contributed by atoms with E-state index < -0.39 is 0 Å². The van der Waals surface area contributed by atoms with Gasteiger partial charge in [-0.2, -0.15) is 0 Å². The van der Waals surface area contributed by atoms with Crippen molar-refractivity contribution in [3.05, 3.63) is 45.9 Å². The molecule has 0 bridgehead atoms. The van der Waals surface area contributed by atoms with Gasteiger partial charge in [-0.1, -0.05) is 24.3 Å². The highest BCUT2D eigenvalue weighted by Crippen LogP contribution is 2.24. The van der Waals surface area contributed by atoms with Crippen LogP contribution in [0, 0.1) is 0 Å². The zero-order valence-electron chi connectivity index (χ0n) is 9.94. The maximum absolute atomic E-state index is 5.78. The molecule has 0 aliphatic rings. The molecule has 5 heteroatoms. The van der Waals surface area contributed by atoms with E-state index in [2.05, 4.69) is 16.9 Å². The Morgan fingerprint density at radius 2 is 2.39 bits per heavy atom. The van der Waals surface area contributed by atoms with Crippen molar-refractivity contribution in [2.75, 3.05) is 12.4 Å². The Kier molecular flexibility index (Phi) is 4.23. The SMILES string of the molecule is C=Cc1cc(NCc2cnc(Cl)s2)ccc1OC. The summed E-state index contributed by atoms with van der Waals surface area (Å²) in [6, 6.07) is 5.88. The normalized spacial score (nSPS) is 10.1. The third-order valence-electron chi connectivity index (χ3n) is 2.44. The average molecular weight is 281 g/mol. The number of nitrogens with zero attached hydrogens (tertiary/aromatic N) is 1. The number of ether oxygens (including phenoxy) is 1. The van der Waals surface area contributed by atoms with E-state index in [1.165, 1.54) is 11.3 Å². The van der Waals surface area contributed by atoms with Crippen LogP contribution in [0.5, 0.6) is 5.75 Å². The summed E-state index contributed by atoms with van der Waals surface area (Å²) in [7, 11) is 1.65. The van der Waals surface area contributed by atoms with E-state index in [9.17, 15) is 0 Å². The number of nitrogens with one attached hydrogen (secondary N) is 1. The van der Waals surface area contributed by atoms with Gasteiger partial charge in [-0.05, 0) is 18.2 Å². The Labute approximate surface area is 115 Å². The van der Waals surface area contributed by atoms with Crippen LogP contribution in [0.25, 0.3) is 6.08 Å². The predicted octanol–water partition coefficient (Wildman–Crippen LogP) is 4.06. The Morgan fingerprint density at radius 1 is 1.56 bits per heavy atom. The highest BCUT2D eigenvalue weighted by molar-refractivity contribution is 7.15. The van der Waals surface area contributed by atoms with Gasteiger partial charge in [0, 0.05) is 22.3 Å². The second-order valence-corrected chi connectivity index (χ2v) is 5.29. The van der Waals surface area contributed by atoms with Crippen LogP contribution in [0.1, 0.15) is 10.4 Å². The van der Waals surface area contributed by atoms with Crippen LogP contribution in [0.4, 0.5) is 5.69 Å². The van der Waals surface area contributed by atoms with Gasteiger partial charge in [-0.3, -0.25) is 0 Å². The molecular weight excluding hydrogens is 268 g/mol. The van der Waals surface area contributed by atoms with Gasteiger partial charge in [-0.25, -0.2) is 4.98 Å². The zero-order valence-corrected chi connectivity index (χ0v) is 11.5. The fraction of sp³-hybridized carbons (Fsp3) is 0.154. The van der Waals surface area contributed by atoms with E-state index in [0.29, 0.717) is 11.0 Å². The number of benzene rings is 1. The molecule has 0 saturated carbocycles. The molecule has 0 fully saturated rings. The van der Waals surface area contributed by atoms with Crippen LogP contribution in [-0.4, -0.2) is 12.1 Å². The minimum atomic E-state index is 0.563. The first-order valence-corrected chi connectivity index (χ1v) is 6.57. The van der Waals surface area contributed by atoms with Crippen molar-refractivity contribution in [3.63, 3.8) is 0 Å². The van der Waals surface area contributed by atoms with Gasteiger partial charge >= 0.3 is 0 Å². The second-order valence-electron chi connectivity index (χ2n) is 3.59. The first-order chi connectivity index (χ1) is 8.72. The molecule has 94 valence electrons. The lowest BCUT2D eigenvalue weighted by Crippen LogP contribution is -1.98. The lowest BCUT2D eigenvalue weighted by Gasteiger charge is -2.09. The maximum atomic E-state index is 5.78. The number of hydrogen-bond donors (Lipinski definition) is 1. The minimum Gasteiger partial charge on any atom is -0.496 e. The summed E-state index contributed by atoms with van der Waals surface area (Å²) in [6.07, 6.45) is 3.55. The van der Waals surface area contributed by atoms with Crippen LogP contribution in [0.3, 0.4) is 0 Å². The van der Waals surface area contributed by atoms with Crippen molar-refractivity contribution in [1.82, 2.24) is 4.98 Å². The number of hydrogen-bond acceptors (Lipinski definition) is 4. The largest absolute Gasteiger partial charge is 0.496 e. The molecule has 0 radical (unpaired) electrons. The summed E-state index contributed by atoms with van der Waals surface area (Å²) in [5, 5.41) is 3.31. The van der Waals surface area contributed by atoms with Gasteiger partial charge in [0.1, 0.15) is 5.75 Å². The van der Waals surface area contributed by atoms with Crippen molar-refractivity contribution >= 4 is 34.7 Å². The first kappa shape index (κ1) is 12.9. The highest BCUT2D eigenvalue weighted by atomic mass is 35.5. The Morgan fingerprint density at radius 3 is 3.00 bits per heavy atom. The van der Waals surface area contributed by atoms with Gasteiger partial charge in [0.25, 0.3) is 0 Å². The molecule has 0 unspecified atom stereocenters. The zero-order chi connectivity index (χ0) is 13.0. The predicted molar refractivity (Wildman–Crippen MR) is 77.5 cm³/mol. The fourth-order valence-corrected chi connectivity index (χ4v) is 2.48. The Hall–Kier alpha value is -1.52. The standard InChI is InChI=1S/C13H13ClN2OS/c1-3-9-6-10(4-5-12(9)17-2)15-7-11-8-16-13(14)18-11/h3-6,8,15H,1,7H2,2H3. The van der Waals surface area contributed by atoms with Crippen LogP contribution in [0.2, 0.25) is 4.47 Å². The molecule has 1 aromatic carbocycles. The van der Waals surface area contributed by atoms with Gasteiger partial charge in [0.15, 0.2) is 4.47 Å². The third-order valence-corrected chi connectivity index (χ3v) is 3.56. The molecule has 1 heterocycles. The van der Waals surface area contributed by atoms with Crippen molar-refractivity contribution < 1.29 is 4.74 Å². The molecule has 2 rings (SSSR count). The van der Waals surface area contributed by atoms with Crippen molar-refractivity contribution in [2.24, 2.45) is 0 Å². The first-order valence-electron chi connectivity index (χ1n) is 5.37. The van der Waals surface area contributed by atoms with Gasteiger partial charge in [-0.15, -0.1) is 11.3 Å². The summed E-state index contributed by atoms with van der Waals surface area (Å²) >= 11 is 7.25. The molecule has 0 spiro atoms. The summed E-state index contributed by atoms with van der Waals surface area (Å²) in [5.41, 5.74) is 1.97. The quantitative estimate of drug-likeness (QED) is 0.897. The molecule has 0 aliphatic carbocycles. The summed E-state index contributed by atoms with van der Waals surface area (Å²) in [5.74, 6) is 0.816. The Balaban J connectivity index is 2.07. The second kappa shape index (κ2) is 5.89. The summed E-state index contributed by atoms with van der Waals surface area (Å²) < 4.78 is 5.80. The third kappa shape index (κ3) is 3.03. The van der Waals surface area contributed by atoms with E-state index in [1.54, 1.807) is 19.4 Å². The number of rotatable bonds is 5. The lowest BCUT2D eigenvalue weighted by atomic mass is 10.1. The van der Waals surface area contributed by atoms with Crippen molar-refractivity contribution in [1.29, 1.82) is 0 Å². The van der Waals surface area contributed by atoms with E-state index in [-0.39, 0.29) is 0 Å². The lowest BCUT2D eigenvalue weighted by molar-refractivity contribution is 0.414. The summed E-state index contributed by atoms with van der Waals surface area (Å²) in [4.78, 5) is 5.09. The molecule has 18 heavy (non-hydrogen) atoms. The van der Waals surface area contributed by atoms with E-state index in [4.69, 9.17) is 16.3 Å². The smallest absolute Gasteiger partial charge is 0.183 e. The molecular formula is C13H13ClN2OS. The number of aromatic nitrogens is 1. The molecule has 0 atom stereocenters. The van der Waals surface area contributed by atoms with E-state index in [1.807, 2.05) is 18.2 Å². The highest BCUT2D eigenvalue weighted by Gasteiger charge is 2.02. The van der Waals surface area contributed by atoms with Gasteiger partial charge < -0.3 is 10.1 Å². The fourth-order valence-electron chi connectivity index (χ4n) is 1.56. The van der Waals surface area contributed by atoms with Crippen molar-refractivity contribution in [2.45, 2.75) is 6.54 Å². The van der Waals surface area contributed by atoms with Gasteiger partial charge in [0.05, 0.1) is 13.7 Å². The maximum Gasteiger partial charge on any atom is 0.183 e. The van der Waals surface area contributed by atoms with Crippen LogP contribution in [-0.2, 0) is 6.54 Å². The molecule has 1 N–H and O–H groups in total. The van der Waals surface area contributed by atoms with E-state index in [0.717, 1.165) is 21.9 Å². The van der Waals surface area contributed by atoms with Crippen molar-refractivity contribution in [3.8, 4) is 5.75 Å². The molecule has 3 nitrogen and oxygen atoms in total. The molecule has 2 aromatic rings.